The van der Waals surface area contributed by atoms with Gasteiger partial charge >= 0.3 is 0 Å². The van der Waals surface area contributed by atoms with Crippen molar-refractivity contribution in [3.63, 3.8) is 0 Å². The molecule has 0 saturated carbocycles. The Hall–Kier alpha value is -0.660. The lowest BCUT2D eigenvalue weighted by molar-refractivity contribution is 0.135. The highest BCUT2D eigenvalue weighted by molar-refractivity contribution is 4.97. The van der Waals surface area contributed by atoms with Crippen LogP contribution in [0.3, 0.4) is 0 Å². The smallest absolute Gasteiger partial charge is 0.101 e. The first-order valence-corrected chi connectivity index (χ1v) is 18.0. The van der Waals surface area contributed by atoms with Crippen LogP contribution in [-0.4, -0.2) is 29.1 Å². The molecular formula is C36H72N2. The van der Waals surface area contributed by atoms with Crippen LogP contribution in [0.15, 0.2) is 12.4 Å². The van der Waals surface area contributed by atoms with Gasteiger partial charge in [0, 0.05) is 25.5 Å². The molecule has 1 atom stereocenters. The summed E-state index contributed by atoms with van der Waals surface area (Å²) < 4.78 is 0. The quantitative estimate of drug-likeness (QED) is 0.0848. The van der Waals surface area contributed by atoms with E-state index in [-0.39, 0.29) is 0 Å². The Kier molecular flexibility index (Phi) is 26.0. The summed E-state index contributed by atoms with van der Waals surface area (Å²) in [6, 6.07) is 0. The molecule has 1 aliphatic heterocycles. The summed E-state index contributed by atoms with van der Waals surface area (Å²) in [4.78, 5) is 5.41. The average Bonchev–Trinajstić information content (AvgIpc) is 3.31. The van der Waals surface area contributed by atoms with Crippen LogP contribution >= 0.6 is 0 Å². The van der Waals surface area contributed by atoms with E-state index in [4.69, 9.17) is 0 Å². The minimum atomic E-state index is 0.642. The Balaban J connectivity index is 2.19. The largest absolute Gasteiger partial charge is 0.356 e. The predicted molar refractivity (Wildman–Crippen MR) is 173 cm³/mol. The summed E-state index contributed by atoms with van der Waals surface area (Å²) >= 11 is 0. The lowest BCUT2D eigenvalue weighted by atomic mass is 10.0. The fraction of sp³-hybridized carbons (Fsp3) is 0.944. The molecule has 0 aromatic heterocycles. The lowest BCUT2D eigenvalue weighted by Crippen LogP contribution is -2.39. The van der Waals surface area contributed by atoms with Crippen molar-refractivity contribution in [2.45, 2.75) is 207 Å². The zero-order valence-electron chi connectivity index (χ0n) is 26.8. The van der Waals surface area contributed by atoms with Crippen molar-refractivity contribution in [1.82, 2.24) is 9.80 Å². The molecular weight excluding hydrogens is 460 g/mol. The number of unbranched alkanes of at least 4 members (excludes halogenated alkanes) is 24. The highest BCUT2D eigenvalue weighted by atomic mass is 15.4. The second-order valence-corrected chi connectivity index (χ2v) is 12.5. The Labute approximate surface area is 241 Å². The number of nitrogens with zero attached hydrogens (tertiary/aromatic N) is 2. The summed E-state index contributed by atoms with van der Waals surface area (Å²) in [5, 5.41) is 0. The maximum Gasteiger partial charge on any atom is 0.101 e. The fourth-order valence-corrected chi connectivity index (χ4v) is 6.19. The van der Waals surface area contributed by atoms with E-state index in [9.17, 15) is 0 Å². The van der Waals surface area contributed by atoms with Crippen LogP contribution in [0.1, 0.15) is 201 Å². The van der Waals surface area contributed by atoms with Crippen molar-refractivity contribution in [1.29, 1.82) is 0 Å². The van der Waals surface area contributed by atoms with E-state index in [1.807, 2.05) is 0 Å². The minimum absolute atomic E-state index is 0.642. The standard InChI is InChI=1S/C36H72N2/c1-4-7-10-13-16-17-18-19-20-21-24-27-30-33-38-35-34-37(32-29-26-23-15-12-9-6-3)36(38)31-28-25-22-14-11-8-5-2/h34-36H,4-33H2,1-3H3. The number of hydrogen-bond acceptors (Lipinski definition) is 2. The van der Waals surface area contributed by atoms with Gasteiger partial charge in [-0.05, 0) is 25.7 Å². The van der Waals surface area contributed by atoms with E-state index in [1.54, 1.807) is 0 Å². The summed E-state index contributed by atoms with van der Waals surface area (Å²) in [7, 11) is 0. The molecule has 38 heavy (non-hydrogen) atoms. The molecule has 1 rings (SSSR count). The van der Waals surface area contributed by atoms with Crippen LogP contribution in [0.5, 0.6) is 0 Å². The zero-order valence-corrected chi connectivity index (χ0v) is 26.8. The maximum atomic E-state index is 2.71. The van der Waals surface area contributed by atoms with Crippen LogP contribution in [0.2, 0.25) is 0 Å². The van der Waals surface area contributed by atoms with E-state index in [2.05, 4.69) is 43.0 Å². The second-order valence-electron chi connectivity index (χ2n) is 12.5. The third-order valence-electron chi connectivity index (χ3n) is 8.82. The third-order valence-corrected chi connectivity index (χ3v) is 8.82. The number of rotatable bonds is 30. The van der Waals surface area contributed by atoms with Gasteiger partial charge in [0.25, 0.3) is 0 Å². The molecule has 0 aliphatic carbocycles. The molecule has 0 fully saturated rings. The lowest BCUT2D eigenvalue weighted by Gasteiger charge is -2.33. The molecule has 1 unspecified atom stereocenters. The van der Waals surface area contributed by atoms with E-state index in [0.717, 1.165) is 0 Å². The first-order chi connectivity index (χ1) is 18.8. The van der Waals surface area contributed by atoms with Crippen LogP contribution < -0.4 is 0 Å². The van der Waals surface area contributed by atoms with E-state index < -0.39 is 0 Å². The van der Waals surface area contributed by atoms with Crippen molar-refractivity contribution in [3.05, 3.63) is 12.4 Å². The summed E-state index contributed by atoms with van der Waals surface area (Å²) in [6.07, 6.45) is 45.5. The van der Waals surface area contributed by atoms with Crippen molar-refractivity contribution in [2.75, 3.05) is 13.1 Å². The number of hydrogen-bond donors (Lipinski definition) is 0. The minimum Gasteiger partial charge on any atom is -0.356 e. The van der Waals surface area contributed by atoms with E-state index >= 15 is 0 Å². The van der Waals surface area contributed by atoms with Crippen LogP contribution in [0.4, 0.5) is 0 Å². The molecule has 0 N–H and O–H groups in total. The monoisotopic (exact) mass is 533 g/mol. The van der Waals surface area contributed by atoms with Gasteiger partial charge in [0.05, 0.1) is 0 Å². The van der Waals surface area contributed by atoms with Crippen molar-refractivity contribution >= 4 is 0 Å². The summed E-state index contributed by atoms with van der Waals surface area (Å²) in [6.45, 7) is 9.47. The maximum absolute atomic E-state index is 2.71. The van der Waals surface area contributed by atoms with Crippen LogP contribution in [-0.2, 0) is 0 Å². The summed E-state index contributed by atoms with van der Waals surface area (Å²) in [5.74, 6) is 0. The zero-order chi connectivity index (χ0) is 27.4. The van der Waals surface area contributed by atoms with E-state index in [1.165, 1.54) is 193 Å². The van der Waals surface area contributed by atoms with Crippen molar-refractivity contribution < 1.29 is 0 Å². The highest BCUT2D eigenvalue weighted by Crippen LogP contribution is 2.24. The van der Waals surface area contributed by atoms with Gasteiger partial charge in [-0.25, -0.2) is 0 Å². The third kappa shape index (κ3) is 20.3. The van der Waals surface area contributed by atoms with E-state index in [0.29, 0.717) is 6.17 Å². The molecule has 2 heteroatoms. The highest BCUT2D eigenvalue weighted by Gasteiger charge is 2.24. The van der Waals surface area contributed by atoms with Gasteiger partial charge in [-0.3, -0.25) is 0 Å². The van der Waals surface area contributed by atoms with Crippen LogP contribution in [0.25, 0.3) is 0 Å². The molecule has 1 aliphatic rings. The first-order valence-electron chi connectivity index (χ1n) is 18.0. The SMILES string of the molecule is CCCCCCCCCCCCCCCN1C=CN(CCCCCCCCC)C1CCCCCCCCC. The van der Waals surface area contributed by atoms with Gasteiger partial charge in [0.1, 0.15) is 6.17 Å². The van der Waals surface area contributed by atoms with Gasteiger partial charge in [0.2, 0.25) is 0 Å². The van der Waals surface area contributed by atoms with Crippen LogP contribution in [0, 0.1) is 0 Å². The molecule has 0 aromatic carbocycles. The molecule has 0 aromatic rings. The average molecular weight is 533 g/mol. The Morgan fingerprint density at radius 1 is 0.342 bits per heavy atom. The molecule has 0 bridgehead atoms. The first kappa shape index (κ1) is 35.4. The molecule has 0 amide bonds. The normalized spacial score (nSPS) is 15.3. The van der Waals surface area contributed by atoms with Crippen molar-refractivity contribution in [2.24, 2.45) is 0 Å². The van der Waals surface area contributed by atoms with Gasteiger partial charge in [-0.15, -0.1) is 0 Å². The second kappa shape index (κ2) is 27.9. The molecule has 226 valence electrons. The van der Waals surface area contributed by atoms with Crippen molar-refractivity contribution in [3.8, 4) is 0 Å². The van der Waals surface area contributed by atoms with Gasteiger partial charge in [-0.2, -0.15) is 0 Å². The predicted octanol–water partition coefficient (Wildman–Crippen LogP) is 12.4. The Bertz CT molecular complexity index is 488. The molecule has 0 spiro atoms. The van der Waals surface area contributed by atoms with Gasteiger partial charge in [-0.1, -0.05) is 175 Å². The summed E-state index contributed by atoms with van der Waals surface area (Å²) in [5.41, 5.74) is 0. The molecule has 2 nitrogen and oxygen atoms in total. The molecule has 0 saturated heterocycles. The topological polar surface area (TPSA) is 6.48 Å². The Morgan fingerprint density at radius 2 is 0.605 bits per heavy atom. The molecule has 0 radical (unpaired) electrons. The fourth-order valence-electron chi connectivity index (χ4n) is 6.19. The molecule has 1 heterocycles. The van der Waals surface area contributed by atoms with Gasteiger partial charge in [0.15, 0.2) is 0 Å². The van der Waals surface area contributed by atoms with Gasteiger partial charge < -0.3 is 9.80 Å². The Morgan fingerprint density at radius 3 is 0.921 bits per heavy atom.